The van der Waals surface area contributed by atoms with Crippen LogP contribution in [0.4, 0.5) is 5.69 Å². The van der Waals surface area contributed by atoms with Gasteiger partial charge in [-0.3, -0.25) is 0 Å². The van der Waals surface area contributed by atoms with Crippen molar-refractivity contribution in [2.24, 2.45) is 0 Å². The first-order valence-corrected chi connectivity index (χ1v) is 8.93. The molecule has 3 N–H and O–H groups in total. The highest BCUT2D eigenvalue weighted by Crippen LogP contribution is 2.33. The zero-order valence-corrected chi connectivity index (χ0v) is 14.3. The average molecular weight is 333 g/mol. The Labute approximate surface area is 135 Å². The Balaban J connectivity index is 1.97. The first-order chi connectivity index (χ1) is 9.51. The number of rotatable bonds is 5. The lowest BCUT2D eigenvalue weighted by molar-refractivity contribution is 0.462. The van der Waals surface area contributed by atoms with Gasteiger partial charge in [0.25, 0.3) is 0 Å². The molecule has 0 bridgehead atoms. The SMILES string of the molecule is CCS[C@@H]1CC[C@H](N[C@@H](C)c2cc(Cl)c(N)c(Cl)c2)C1. The summed E-state index contributed by atoms with van der Waals surface area (Å²) in [6.07, 6.45) is 3.81. The van der Waals surface area contributed by atoms with E-state index in [1.807, 2.05) is 12.1 Å². The number of nitrogens with two attached hydrogens (primary N) is 1. The quantitative estimate of drug-likeness (QED) is 0.753. The van der Waals surface area contributed by atoms with Crippen molar-refractivity contribution in [3.63, 3.8) is 0 Å². The molecule has 0 radical (unpaired) electrons. The molecule has 0 spiro atoms. The van der Waals surface area contributed by atoms with E-state index < -0.39 is 0 Å². The van der Waals surface area contributed by atoms with Gasteiger partial charge < -0.3 is 11.1 Å². The van der Waals surface area contributed by atoms with E-state index in [1.54, 1.807) is 0 Å². The molecule has 1 aromatic carbocycles. The highest BCUT2D eigenvalue weighted by Gasteiger charge is 2.25. The molecule has 20 heavy (non-hydrogen) atoms. The highest BCUT2D eigenvalue weighted by molar-refractivity contribution is 7.99. The maximum atomic E-state index is 6.10. The van der Waals surface area contributed by atoms with Gasteiger partial charge in [0.2, 0.25) is 0 Å². The Morgan fingerprint density at radius 1 is 1.35 bits per heavy atom. The van der Waals surface area contributed by atoms with E-state index >= 15 is 0 Å². The summed E-state index contributed by atoms with van der Waals surface area (Å²) in [4.78, 5) is 0. The molecular weight excluding hydrogens is 311 g/mol. The fourth-order valence-electron chi connectivity index (χ4n) is 2.78. The molecule has 1 aromatic rings. The Morgan fingerprint density at radius 2 is 2.00 bits per heavy atom. The van der Waals surface area contributed by atoms with E-state index in [0.29, 0.717) is 21.8 Å². The van der Waals surface area contributed by atoms with Crippen molar-refractivity contribution in [2.45, 2.75) is 50.4 Å². The summed E-state index contributed by atoms with van der Waals surface area (Å²) in [5, 5.41) is 5.56. The number of halogens is 2. The molecule has 1 fully saturated rings. The second-order valence-corrected chi connectivity index (χ2v) is 7.77. The molecule has 0 heterocycles. The third-order valence-corrected chi connectivity index (χ3v) is 5.73. The summed E-state index contributed by atoms with van der Waals surface area (Å²) in [7, 11) is 0. The smallest absolute Gasteiger partial charge is 0.0693 e. The van der Waals surface area contributed by atoms with Crippen molar-refractivity contribution < 1.29 is 0 Å². The molecule has 1 saturated carbocycles. The van der Waals surface area contributed by atoms with Gasteiger partial charge >= 0.3 is 0 Å². The number of benzene rings is 1. The fraction of sp³-hybridized carbons (Fsp3) is 0.600. The van der Waals surface area contributed by atoms with Crippen molar-refractivity contribution in [3.8, 4) is 0 Å². The van der Waals surface area contributed by atoms with Gasteiger partial charge in [-0.25, -0.2) is 0 Å². The van der Waals surface area contributed by atoms with Gasteiger partial charge in [0, 0.05) is 17.3 Å². The van der Waals surface area contributed by atoms with Gasteiger partial charge in [0.05, 0.1) is 15.7 Å². The maximum absolute atomic E-state index is 6.10. The van der Waals surface area contributed by atoms with E-state index in [-0.39, 0.29) is 6.04 Å². The zero-order valence-electron chi connectivity index (χ0n) is 12.0. The molecule has 0 saturated heterocycles. The second kappa shape index (κ2) is 7.26. The second-order valence-electron chi connectivity index (χ2n) is 5.37. The molecular formula is C15H22Cl2N2S. The van der Waals surface area contributed by atoms with Crippen molar-refractivity contribution in [3.05, 3.63) is 27.7 Å². The van der Waals surface area contributed by atoms with Crippen molar-refractivity contribution in [1.29, 1.82) is 0 Å². The lowest BCUT2D eigenvalue weighted by atomic mass is 10.1. The number of thioether (sulfide) groups is 1. The monoisotopic (exact) mass is 332 g/mol. The van der Waals surface area contributed by atoms with E-state index in [9.17, 15) is 0 Å². The molecule has 0 aliphatic heterocycles. The van der Waals surface area contributed by atoms with Crippen molar-refractivity contribution in [2.75, 3.05) is 11.5 Å². The van der Waals surface area contributed by atoms with Crippen LogP contribution in [0.1, 0.15) is 44.7 Å². The molecule has 0 aromatic heterocycles. The van der Waals surface area contributed by atoms with Crippen LogP contribution in [0.25, 0.3) is 0 Å². The molecule has 112 valence electrons. The minimum absolute atomic E-state index is 0.237. The number of nitrogens with one attached hydrogen (secondary N) is 1. The normalized spacial score (nSPS) is 24.0. The summed E-state index contributed by atoms with van der Waals surface area (Å²) < 4.78 is 0. The van der Waals surface area contributed by atoms with Crippen LogP contribution in [0.2, 0.25) is 10.0 Å². The maximum Gasteiger partial charge on any atom is 0.0693 e. The van der Waals surface area contributed by atoms with Crippen LogP contribution < -0.4 is 11.1 Å². The van der Waals surface area contributed by atoms with E-state index in [2.05, 4.69) is 30.9 Å². The van der Waals surface area contributed by atoms with Gasteiger partial charge in [-0.15, -0.1) is 0 Å². The average Bonchev–Trinajstić information content (AvgIpc) is 2.83. The predicted octanol–water partition coefficient (Wildman–Crippen LogP) is 4.90. The Hall–Kier alpha value is -0.0900. The lowest BCUT2D eigenvalue weighted by Gasteiger charge is -2.21. The number of hydrogen-bond acceptors (Lipinski definition) is 3. The summed E-state index contributed by atoms with van der Waals surface area (Å²) in [6, 6.07) is 4.64. The molecule has 0 amide bonds. The van der Waals surface area contributed by atoms with Crippen LogP contribution in [-0.4, -0.2) is 17.0 Å². The highest BCUT2D eigenvalue weighted by atomic mass is 35.5. The summed E-state index contributed by atoms with van der Waals surface area (Å²) in [5.74, 6) is 1.20. The lowest BCUT2D eigenvalue weighted by Crippen LogP contribution is -2.29. The standard InChI is InChI=1S/C15H22Cl2N2S/c1-3-20-12-5-4-11(8-12)19-9(2)10-6-13(16)15(18)14(17)7-10/h6-7,9,11-12,19H,3-5,8,18H2,1-2H3/t9-,11-,12+/m0/s1. The van der Waals surface area contributed by atoms with Gasteiger partial charge in [-0.1, -0.05) is 30.1 Å². The Bertz CT molecular complexity index is 444. The molecule has 2 rings (SSSR count). The van der Waals surface area contributed by atoms with Gasteiger partial charge in [0.15, 0.2) is 0 Å². The van der Waals surface area contributed by atoms with E-state index in [0.717, 1.165) is 10.8 Å². The van der Waals surface area contributed by atoms with Crippen molar-refractivity contribution >= 4 is 40.7 Å². The van der Waals surface area contributed by atoms with E-state index in [4.69, 9.17) is 28.9 Å². The number of nitrogen functional groups attached to an aromatic ring is 1. The number of hydrogen-bond donors (Lipinski definition) is 2. The molecule has 1 aliphatic carbocycles. The van der Waals surface area contributed by atoms with Crippen LogP contribution in [0.5, 0.6) is 0 Å². The minimum atomic E-state index is 0.237. The number of anilines is 1. The minimum Gasteiger partial charge on any atom is -0.396 e. The molecule has 0 unspecified atom stereocenters. The van der Waals surface area contributed by atoms with Crippen LogP contribution in [0.15, 0.2) is 12.1 Å². The third-order valence-electron chi connectivity index (χ3n) is 3.87. The van der Waals surface area contributed by atoms with Crippen LogP contribution >= 0.6 is 35.0 Å². The largest absolute Gasteiger partial charge is 0.396 e. The Morgan fingerprint density at radius 3 is 2.60 bits per heavy atom. The van der Waals surface area contributed by atoms with Gasteiger partial charge in [-0.05, 0) is 49.6 Å². The first-order valence-electron chi connectivity index (χ1n) is 7.13. The molecule has 3 atom stereocenters. The zero-order chi connectivity index (χ0) is 14.7. The molecule has 1 aliphatic rings. The summed E-state index contributed by atoms with van der Waals surface area (Å²) in [6.45, 7) is 4.38. The molecule has 5 heteroatoms. The third kappa shape index (κ3) is 3.97. The first kappa shape index (κ1) is 16.3. The molecule has 2 nitrogen and oxygen atoms in total. The summed E-state index contributed by atoms with van der Waals surface area (Å²) in [5.41, 5.74) is 7.34. The Kier molecular flexibility index (Phi) is 5.91. The van der Waals surface area contributed by atoms with E-state index in [1.165, 1.54) is 25.0 Å². The predicted molar refractivity (Wildman–Crippen MR) is 92.0 cm³/mol. The van der Waals surface area contributed by atoms with Gasteiger partial charge in [-0.2, -0.15) is 11.8 Å². The van der Waals surface area contributed by atoms with Crippen LogP contribution in [0, 0.1) is 0 Å². The fourth-order valence-corrected chi connectivity index (χ4v) is 4.43. The van der Waals surface area contributed by atoms with Gasteiger partial charge in [0.1, 0.15) is 0 Å². The topological polar surface area (TPSA) is 38.0 Å². The van der Waals surface area contributed by atoms with Crippen molar-refractivity contribution in [1.82, 2.24) is 5.32 Å². The van der Waals surface area contributed by atoms with Crippen LogP contribution in [0.3, 0.4) is 0 Å². The summed E-state index contributed by atoms with van der Waals surface area (Å²) >= 11 is 14.3. The van der Waals surface area contributed by atoms with Crippen LogP contribution in [-0.2, 0) is 0 Å².